The molecule has 5 heteroatoms. The van der Waals surface area contributed by atoms with Gasteiger partial charge in [-0.15, -0.1) is 0 Å². The van der Waals surface area contributed by atoms with Gasteiger partial charge in [-0.25, -0.2) is 0 Å². The highest BCUT2D eigenvalue weighted by molar-refractivity contribution is 5.29. The standard InChI is InChI=1S/C11H19N3O2/c1-3-12-6-9-8-16-11(13-9)14-5-4-10(7-14)15-2/h8,10,12H,3-7H2,1-2H3. The number of oxazole rings is 1. The van der Waals surface area contributed by atoms with Gasteiger partial charge in [0, 0.05) is 26.7 Å². The van der Waals surface area contributed by atoms with Crippen molar-refractivity contribution in [2.24, 2.45) is 0 Å². The average molecular weight is 225 g/mol. The second kappa shape index (κ2) is 5.32. The Morgan fingerprint density at radius 2 is 2.56 bits per heavy atom. The first-order valence-corrected chi connectivity index (χ1v) is 5.76. The molecule has 0 amide bonds. The lowest BCUT2D eigenvalue weighted by Crippen LogP contribution is -2.22. The van der Waals surface area contributed by atoms with E-state index in [-0.39, 0.29) is 0 Å². The first-order valence-electron chi connectivity index (χ1n) is 5.76. The minimum absolute atomic E-state index is 0.309. The lowest BCUT2D eigenvalue weighted by Gasteiger charge is -2.12. The van der Waals surface area contributed by atoms with E-state index in [1.54, 1.807) is 13.4 Å². The van der Waals surface area contributed by atoms with E-state index in [9.17, 15) is 0 Å². The van der Waals surface area contributed by atoms with Gasteiger partial charge in [0.25, 0.3) is 6.01 Å². The molecule has 1 aliphatic rings. The Kier molecular flexibility index (Phi) is 3.79. The lowest BCUT2D eigenvalue weighted by atomic mass is 10.3. The molecular formula is C11H19N3O2. The molecule has 0 spiro atoms. The fourth-order valence-corrected chi connectivity index (χ4v) is 1.87. The van der Waals surface area contributed by atoms with Gasteiger partial charge < -0.3 is 19.4 Å². The summed E-state index contributed by atoms with van der Waals surface area (Å²) in [5, 5.41) is 3.22. The van der Waals surface area contributed by atoms with E-state index in [4.69, 9.17) is 9.15 Å². The Labute approximate surface area is 95.8 Å². The van der Waals surface area contributed by atoms with Crippen LogP contribution in [-0.2, 0) is 11.3 Å². The highest BCUT2D eigenvalue weighted by Gasteiger charge is 2.25. The molecule has 1 aliphatic heterocycles. The van der Waals surface area contributed by atoms with Crippen molar-refractivity contribution in [3.8, 4) is 0 Å². The number of hydrogen-bond donors (Lipinski definition) is 1. The third-order valence-corrected chi connectivity index (χ3v) is 2.84. The van der Waals surface area contributed by atoms with E-state index in [1.165, 1.54) is 0 Å². The van der Waals surface area contributed by atoms with Gasteiger partial charge in [0.15, 0.2) is 0 Å². The number of nitrogens with zero attached hydrogens (tertiary/aromatic N) is 2. The van der Waals surface area contributed by atoms with Crippen LogP contribution in [0.1, 0.15) is 19.0 Å². The Morgan fingerprint density at radius 3 is 3.25 bits per heavy atom. The molecule has 5 nitrogen and oxygen atoms in total. The van der Waals surface area contributed by atoms with Crippen molar-refractivity contribution in [2.45, 2.75) is 26.0 Å². The Hall–Kier alpha value is -1.07. The molecule has 1 aromatic heterocycles. The normalized spacial score (nSPS) is 20.6. The number of methoxy groups -OCH3 is 1. The topological polar surface area (TPSA) is 50.5 Å². The predicted molar refractivity (Wildman–Crippen MR) is 61.5 cm³/mol. The molecular weight excluding hydrogens is 206 g/mol. The molecule has 1 N–H and O–H groups in total. The molecule has 1 aromatic rings. The van der Waals surface area contributed by atoms with Crippen LogP contribution in [-0.4, -0.2) is 37.8 Å². The van der Waals surface area contributed by atoms with Crippen molar-refractivity contribution in [3.63, 3.8) is 0 Å². The zero-order chi connectivity index (χ0) is 11.4. The second-order valence-electron chi connectivity index (χ2n) is 3.99. The number of rotatable bonds is 5. The summed E-state index contributed by atoms with van der Waals surface area (Å²) in [4.78, 5) is 6.57. The van der Waals surface area contributed by atoms with Crippen LogP contribution in [0.3, 0.4) is 0 Å². The largest absolute Gasteiger partial charge is 0.432 e. The van der Waals surface area contributed by atoms with Crippen LogP contribution in [0.2, 0.25) is 0 Å². The first-order chi connectivity index (χ1) is 7.83. The number of nitrogens with one attached hydrogen (secondary N) is 1. The number of aromatic nitrogens is 1. The SMILES string of the molecule is CCNCc1coc(N2CCC(OC)C2)n1. The fraction of sp³-hybridized carbons (Fsp3) is 0.727. The van der Waals surface area contributed by atoms with Crippen molar-refractivity contribution in [2.75, 3.05) is 31.6 Å². The summed E-state index contributed by atoms with van der Waals surface area (Å²) in [6.07, 6.45) is 3.07. The smallest absolute Gasteiger partial charge is 0.297 e. The maximum atomic E-state index is 5.46. The molecule has 2 rings (SSSR count). The van der Waals surface area contributed by atoms with Crippen LogP contribution in [0.4, 0.5) is 6.01 Å². The summed E-state index contributed by atoms with van der Waals surface area (Å²) >= 11 is 0. The molecule has 1 unspecified atom stereocenters. The van der Waals surface area contributed by atoms with Crippen molar-refractivity contribution in [1.82, 2.24) is 10.3 Å². The van der Waals surface area contributed by atoms with Gasteiger partial charge in [0.05, 0.1) is 11.8 Å². The van der Waals surface area contributed by atoms with Crippen LogP contribution in [0.15, 0.2) is 10.7 Å². The Morgan fingerprint density at radius 1 is 1.69 bits per heavy atom. The molecule has 0 bridgehead atoms. The average Bonchev–Trinajstić information content (AvgIpc) is 2.94. The molecule has 16 heavy (non-hydrogen) atoms. The maximum Gasteiger partial charge on any atom is 0.297 e. The molecule has 0 saturated carbocycles. The van der Waals surface area contributed by atoms with Crippen LogP contribution < -0.4 is 10.2 Å². The van der Waals surface area contributed by atoms with Crippen LogP contribution >= 0.6 is 0 Å². The van der Waals surface area contributed by atoms with E-state index in [1.807, 2.05) is 0 Å². The molecule has 90 valence electrons. The van der Waals surface area contributed by atoms with Crippen molar-refractivity contribution < 1.29 is 9.15 Å². The maximum absolute atomic E-state index is 5.46. The highest BCUT2D eigenvalue weighted by Crippen LogP contribution is 2.20. The minimum atomic E-state index is 0.309. The Balaban J connectivity index is 1.92. The molecule has 2 heterocycles. The third kappa shape index (κ3) is 2.54. The van der Waals surface area contributed by atoms with Crippen molar-refractivity contribution in [3.05, 3.63) is 12.0 Å². The van der Waals surface area contributed by atoms with Gasteiger partial charge in [-0.2, -0.15) is 4.98 Å². The van der Waals surface area contributed by atoms with E-state index < -0.39 is 0 Å². The summed E-state index contributed by atoms with van der Waals surface area (Å²) in [6, 6.07) is 0.715. The summed E-state index contributed by atoms with van der Waals surface area (Å²) in [6.45, 7) is 5.61. The molecule has 1 saturated heterocycles. The summed E-state index contributed by atoms with van der Waals surface area (Å²) in [5.41, 5.74) is 0.956. The number of ether oxygens (including phenoxy) is 1. The second-order valence-corrected chi connectivity index (χ2v) is 3.99. The predicted octanol–water partition coefficient (Wildman–Crippen LogP) is 1.01. The van der Waals surface area contributed by atoms with Crippen LogP contribution in [0.25, 0.3) is 0 Å². The van der Waals surface area contributed by atoms with Gasteiger partial charge in [-0.05, 0) is 13.0 Å². The fourth-order valence-electron chi connectivity index (χ4n) is 1.87. The monoisotopic (exact) mass is 225 g/mol. The quantitative estimate of drug-likeness (QED) is 0.810. The van der Waals surface area contributed by atoms with Crippen molar-refractivity contribution in [1.29, 1.82) is 0 Å². The highest BCUT2D eigenvalue weighted by atomic mass is 16.5. The third-order valence-electron chi connectivity index (χ3n) is 2.84. The zero-order valence-corrected chi connectivity index (χ0v) is 9.90. The lowest BCUT2D eigenvalue weighted by molar-refractivity contribution is 0.121. The van der Waals surface area contributed by atoms with Gasteiger partial charge in [0.2, 0.25) is 0 Å². The van der Waals surface area contributed by atoms with Gasteiger partial charge >= 0.3 is 0 Å². The van der Waals surface area contributed by atoms with E-state index >= 15 is 0 Å². The summed E-state index contributed by atoms with van der Waals surface area (Å²) in [5.74, 6) is 0. The van der Waals surface area contributed by atoms with Gasteiger partial charge in [-0.3, -0.25) is 0 Å². The number of anilines is 1. The van der Waals surface area contributed by atoms with E-state index in [0.717, 1.165) is 38.3 Å². The van der Waals surface area contributed by atoms with Gasteiger partial charge in [0.1, 0.15) is 6.26 Å². The van der Waals surface area contributed by atoms with Gasteiger partial charge in [-0.1, -0.05) is 6.92 Å². The zero-order valence-electron chi connectivity index (χ0n) is 9.90. The molecule has 1 fully saturated rings. The molecule has 1 atom stereocenters. The van der Waals surface area contributed by atoms with Crippen LogP contribution in [0, 0.1) is 0 Å². The Bertz CT molecular complexity index is 327. The molecule has 0 aromatic carbocycles. The van der Waals surface area contributed by atoms with E-state index in [0.29, 0.717) is 12.1 Å². The first kappa shape index (κ1) is 11.4. The number of hydrogen-bond acceptors (Lipinski definition) is 5. The minimum Gasteiger partial charge on any atom is -0.432 e. The summed E-state index contributed by atoms with van der Waals surface area (Å²) in [7, 11) is 1.75. The van der Waals surface area contributed by atoms with E-state index in [2.05, 4.69) is 22.1 Å². The summed E-state index contributed by atoms with van der Waals surface area (Å²) < 4.78 is 10.8. The molecule has 0 radical (unpaired) electrons. The molecule has 0 aliphatic carbocycles. The van der Waals surface area contributed by atoms with Crippen molar-refractivity contribution >= 4 is 6.01 Å². The van der Waals surface area contributed by atoms with Crippen LogP contribution in [0.5, 0.6) is 0 Å².